The lowest BCUT2D eigenvalue weighted by atomic mass is 9.98. The van der Waals surface area contributed by atoms with Crippen molar-refractivity contribution in [3.8, 4) is 0 Å². The van der Waals surface area contributed by atoms with Gasteiger partial charge in [0.1, 0.15) is 6.04 Å². The van der Waals surface area contributed by atoms with Crippen LogP contribution in [0.4, 0.5) is 4.79 Å². The quantitative estimate of drug-likeness (QED) is 0.704. The van der Waals surface area contributed by atoms with Gasteiger partial charge in [0, 0.05) is 25.6 Å². The van der Waals surface area contributed by atoms with Crippen molar-refractivity contribution in [1.82, 2.24) is 10.2 Å². The molecule has 3 amide bonds. The van der Waals surface area contributed by atoms with Crippen molar-refractivity contribution in [1.29, 1.82) is 0 Å². The number of aliphatic hydroxyl groups excluding tert-OH is 1. The van der Waals surface area contributed by atoms with Gasteiger partial charge in [0.25, 0.3) is 0 Å². The lowest BCUT2D eigenvalue weighted by Crippen LogP contribution is -2.55. The fourth-order valence-electron chi connectivity index (χ4n) is 2.12. The van der Waals surface area contributed by atoms with E-state index in [1.54, 1.807) is 29.2 Å². The van der Waals surface area contributed by atoms with E-state index in [9.17, 15) is 9.59 Å². The van der Waals surface area contributed by atoms with Crippen LogP contribution in [0.1, 0.15) is 11.6 Å². The van der Waals surface area contributed by atoms with Gasteiger partial charge in [-0.1, -0.05) is 30.3 Å². The fraction of sp³-hybridized carbons (Fsp3) is 0.385. The van der Waals surface area contributed by atoms with Gasteiger partial charge in [-0.2, -0.15) is 0 Å². The summed E-state index contributed by atoms with van der Waals surface area (Å²) in [6.45, 7) is 1.10. The van der Waals surface area contributed by atoms with E-state index in [1.165, 1.54) is 0 Å². The lowest BCUT2D eigenvalue weighted by Gasteiger charge is -2.40. The number of nitrogens with two attached hydrogens (primary N) is 1. The number of urea groups is 1. The zero-order valence-corrected chi connectivity index (χ0v) is 10.5. The molecule has 4 N–H and O–H groups in total. The molecule has 1 unspecified atom stereocenters. The third-order valence-electron chi connectivity index (χ3n) is 3.19. The summed E-state index contributed by atoms with van der Waals surface area (Å²) >= 11 is 0. The van der Waals surface area contributed by atoms with Gasteiger partial charge in [-0.25, -0.2) is 4.79 Å². The van der Waals surface area contributed by atoms with E-state index in [4.69, 9.17) is 10.8 Å². The molecular formula is C13H17N3O3. The van der Waals surface area contributed by atoms with Gasteiger partial charge in [0.05, 0.1) is 0 Å². The zero-order valence-electron chi connectivity index (χ0n) is 10.5. The van der Waals surface area contributed by atoms with Crippen LogP contribution in [0.2, 0.25) is 0 Å². The molecular weight excluding hydrogens is 246 g/mol. The second kappa shape index (κ2) is 5.71. The molecule has 0 radical (unpaired) electrons. The van der Waals surface area contributed by atoms with Gasteiger partial charge in [-0.05, 0) is 5.56 Å². The Bertz CT molecular complexity index is 457. The lowest BCUT2D eigenvalue weighted by molar-refractivity contribution is -0.140. The Morgan fingerprint density at radius 3 is 2.53 bits per heavy atom. The highest BCUT2D eigenvalue weighted by Gasteiger charge is 2.35. The second-order valence-electron chi connectivity index (χ2n) is 4.64. The maximum Gasteiger partial charge on any atom is 0.313 e. The number of likely N-dealkylation sites (tertiary alicyclic amines) is 1. The SMILES string of the molecule is NC(=O)NC(C(=O)N1CC(CO)C1)c1ccccc1. The molecule has 1 aromatic carbocycles. The number of carbonyl (C=O) groups is 2. The first-order chi connectivity index (χ1) is 9.11. The molecule has 0 spiro atoms. The van der Waals surface area contributed by atoms with Gasteiger partial charge in [0.2, 0.25) is 5.91 Å². The maximum atomic E-state index is 12.3. The van der Waals surface area contributed by atoms with Crippen LogP contribution in [0.25, 0.3) is 0 Å². The number of aliphatic hydroxyl groups is 1. The molecule has 6 heteroatoms. The molecule has 0 bridgehead atoms. The maximum absolute atomic E-state index is 12.3. The molecule has 0 saturated carbocycles. The van der Waals surface area contributed by atoms with E-state index >= 15 is 0 Å². The Kier molecular flexibility index (Phi) is 4.01. The molecule has 1 heterocycles. The van der Waals surface area contributed by atoms with Crippen LogP contribution in [0, 0.1) is 5.92 Å². The minimum atomic E-state index is -0.765. The van der Waals surface area contributed by atoms with Crippen LogP contribution in [-0.4, -0.2) is 41.6 Å². The van der Waals surface area contributed by atoms with Crippen LogP contribution in [0.3, 0.4) is 0 Å². The highest BCUT2D eigenvalue weighted by molar-refractivity contribution is 5.88. The van der Waals surface area contributed by atoms with E-state index in [-0.39, 0.29) is 18.4 Å². The van der Waals surface area contributed by atoms with Crippen molar-refractivity contribution in [3.05, 3.63) is 35.9 Å². The highest BCUT2D eigenvalue weighted by atomic mass is 16.3. The number of nitrogens with zero attached hydrogens (tertiary/aromatic N) is 1. The third kappa shape index (κ3) is 3.03. The largest absolute Gasteiger partial charge is 0.396 e. The Morgan fingerprint density at radius 1 is 1.37 bits per heavy atom. The first-order valence-corrected chi connectivity index (χ1v) is 6.12. The molecule has 102 valence electrons. The Hall–Kier alpha value is -2.08. The van der Waals surface area contributed by atoms with Gasteiger partial charge < -0.3 is 21.1 Å². The monoisotopic (exact) mass is 263 g/mol. The van der Waals surface area contributed by atoms with Crippen molar-refractivity contribution in [2.45, 2.75) is 6.04 Å². The molecule has 1 saturated heterocycles. The summed E-state index contributed by atoms with van der Waals surface area (Å²) in [4.78, 5) is 24.9. The average molecular weight is 263 g/mol. The van der Waals surface area contributed by atoms with E-state index in [1.807, 2.05) is 6.07 Å². The molecule has 2 rings (SSSR count). The summed E-state index contributed by atoms with van der Waals surface area (Å²) in [7, 11) is 0. The van der Waals surface area contributed by atoms with Crippen molar-refractivity contribution in [2.24, 2.45) is 11.7 Å². The Morgan fingerprint density at radius 2 is 2.00 bits per heavy atom. The number of carbonyl (C=O) groups excluding carboxylic acids is 2. The molecule has 6 nitrogen and oxygen atoms in total. The number of hydrogen-bond acceptors (Lipinski definition) is 3. The predicted octanol–water partition coefficient (Wildman–Crippen LogP) is -0.153. The van der Waals surface area contributed by atoms with E-state index in [0.717, 1.165) is 0 Å². The topological polar surface area (TPSA) is 95.7 Å². The first-order valence-electron chi connectivity index (χ1n) is 6.12. The summed E-state index contributed by atoms with van der Waals surface area (Å²) in [5, 5.41) is 11.4. The van der Waals surface area contributed by atoms with Crippen LogP contribution in [-0.2, 0) is 4.79 Å². The number of rotatable bonds is 4. The minimum absolute atomic E-state index is 0.0725. The Balaban J connectivity index is 2.10. The summed E-state index contributed by atoms with van der Waals surface area (Å²) in [6.07, 6.45) is 0. The van der Waals surface area contributed by atoms with Gasteiger partial charge >= 0.3 is 6.03 Å². The number of hydrogen-bond donors (Lipinski definition) is 3. The molecule has 1 aliphatic rings. The molecule has 19 heavy (non-hydrogen) atoms. The normalized spacial score (nSPS) is 16.6. The number of amides is 3. The van der Waals surface area contributed by atoms with Crippen LogP contribution < -0.4 is 11.1 Å². The molecule has 0 aliphatic carbocycles. The van der Waals surface area contributed by atoms with Crippen LogP contribution in [0.15, 0.2) is 30.3 Å². The number of benzene rings is 1. The van der Waals surface area contributed by atoms with Crippen LogP contribution in [0.5, 0.6) is 0 Å². The van der Waals surface area contributed by atoms with E-state index in [0.29, 0.717) is 18.7 Å². The standard InChI is InChI=1S/C13H17N3O3/c14-13(19)15-11(10-4-2-1-3-5-10)12(18)16-6-9(7-16)8-17/h1-5,9,11,17H,6-8H2,(H3,14,15,19). The summed E-state index contributed by atoms with van der Waals surface area (Å²) in [6, 6.07) is 7.46. The number of primary amides is 1. The Labute approximate surface area is 111 Å². The second-order valence-corrected chi connectivity index (χ2v) is 4.64. The van der Waals surface area contributed by atoms with Gasteiger partial charge in [-0.3, -0.25) is 4.79 Å². The fourth-order valence-corrected chi connectivity index (χ4v) is 2.12. The average Bonchev–Trinajstić information content (AvgIpc) is 2.35. The van der Waals surface area contributed by atoms with Crippen molar-refractivity contribution in [3.63, 3.8) is 0 Å². The summed E-state index contributed by atoms with van der Waals surface area (Å²) in [5.41, 5.74) is 5.81. The van der Waals surface area contributed by atoms with Crippen molar-refractivity contribution < 1.29 is 14.7 Å². The molecule has 0 aromatic heterocycles. The first kappa shape index (κ1) is 13.4. The predicted molar refractivity (Wildman–Crippen MR) is 69.1 cm³/mol. The minimum Gasteiger partial charge on any atom is -0.396 e. The van der Waals surface area contributed by atoms with Crippen molar-refractivity contribution >= 4 is 11.9 Å². The van der Waals surface area contributed by atoms with Crippen molar-refractivity contribution in [2.75, 3.05) is 19.7 Å². The van der Waals surface area contributed by atoms with Crippen LogP contribution >= 0.6 is 0 Å². The smallest absolute Gasteiger partial charge is 0.313 e. The van der Waals surface area contributed by atoms with E-state index < -0.39 is 12.1 Å². The summed E-state index contributed by atoms with van der Waals surface area (Å²) in [5.74, 6) is -0.0661. The molecule has 1 fully saturated rings. The summed E-state index contributed by atoms with van der Waals surface area (Å²) < 4.78 is 0. The molecule has 1 aromatic rings. The zero-order chi connectivity index (χ0) is 13.8. The highest BCUT2D eigenvalue weighted by Crippen LogP contribution is 2.22. The number of nitrogens with one attached hydrogen (secondary N) is 1. The molecule has 1 aliphatic heterocycles. The molecule has 1 atom stereocenters. The van der Waals surface area contributed by atoms with E-state index in [2.05, 4.69) is 5.32 Å². The van der Waals surface area contributed by atoms with Gasteiger partial charge in [0.15, 0.2) is 0 Å². The third-order valence-corrected chi connectivity index (χ3v) is 3.19. The van der Waals surface area contributed by atoms with Gasteiger partial charge in [-0.15, -0.1) is 0 Å².